The standard InChI is InChI=1S/C10H13FN2.2ClH/c11-10-7-12-5-3-8(10)6-9-2-1-4-13-9;;/h3,5,7,9,13H,1-2,4,6H2;2*1H. The maximum atomic E-state index is 13.2. The van der Waals surface area contributed by atoms with Crippen LogP contribution in [0.15, 0.2) is 18.5 Å². The van der Waals surface area contributed by atoms with Gasteiger partial charge in [0.05, 0.1) is 6.20 Å². The maximum Gasteiger partial charge on any atom is 0.144 e. The van der Waals surface area contributed by atoms with E-state index in [0.717, 1.165) is 24.9 Å². The summed E-state index contributed by atoms with van der Waals surface area (Å²) < 4.78 is 13.2. The topological polar surface area (TPSA) is 24.9 Å². The molecule has 0 aromatic carbocycles. The Balaban J connectivity index is 0.000000980. The van der Waals surface area contributed by atoms with Gasteiger partial charge in [0, 0.05) is 12.2 Å². The fraction of sp³-hybridized carbons (Fsp3) is 0.500. The summed E-state index contributed by atoms with van der Waals surface area (Å²) in [4.78, 5) is 3.72. The van der Waals surface area contributed by atoms with E-state index in [1.807, 2.05) is 0 Å². The summed E-state index contributed by atoms with van der Waals surface area (Å²) in [6.45, 7) is 1.07. The average Bonchev–Trinajstić information content (AvgIpc) is 2.61. The Bertz CT molecular complexity index is 291. The summed E-state index contributed by atoms with van der Waals surface area (Å²) in [6, 6.07) is 2.21. The lowest BCUT2D eigenvalue weighted by molar-refractivity contribution is 0.557. The summed E-state index contributed by atoms with van der Waals surface area (Å²) in [5, 5.41) is 3.35. The monoisotopic (exact) mass is 252 g/mol. The largest absolute Gasteiger partial charge is 0.314 e. The van der Waals surface area contributed by atoms with Gasteiger partial charge in [-0.25, -0.2) is 4.39 Å². The molecule has 0 radical (unpaired) electrons. The molecule has 0 aliphatic carbocycles. The maximum absolute atomic E-state index is 13.2. The lowest BCUT2D eigenvalue weighted by Crippen LogP contribution is -2.24. The number of hydrogen-bond acceptors (Lipinski definition) is 2. The quantitative estimate of drug-likeness (QED) is 0.875. The second-order valence-corrected chi connectivity index (χ2v) is 3.46. The number of aromatic nitrogens is 1. The smallest absolute Gasteiger partial charge is 0.144 e. The van der Waals surface area contributed by atoms with Crippen LogP contribution in [0.5, 0.6) is 0 Å². The molecule has 0 amide bonds. The number of hydrogen-bond donors (Lipinski definition) is 1. The molecular weight excluding hydrogens is 238 g/mol. The van der Waals surface area contributed by atoms with Crippen molar-refractivity contribution in [3.8, 4) is 0 Å². The minimum Gasteiger partial charge on any atom is -0.314 e. The number of pyridine rings is 1. The average molecular weight is 253 g/mol. The summed E-state index contributed by atoms with van der Waals surface area (Å²) in [7, 11) is 0. The highest BCUT2D eigenvalue weighted by atomic mass is 35.5. The molecule has 15 heavy (non-hydrogen) atoms. The second-order valence-electron chi connectivity index (χ2n) is 3.46. The van der Waals surface area contributed by atoms with Crippen molar-refractivity contribution in [1.82, 2.24) is 10.3 Å². The molecule has 1 aromatic heterocycles. The molecule has 1 aliphatic rings. The van der Waals surface area contributed by atoms with E-state index in [1.165, 1.54) is 12.6 Å². The van der Waals surface area contributed by atoms with Crippen LogP contribution >= 0.6 is 24.8 Å². The first kappa shape index (κ1) is 14.6. The summed E-state index contributed by atoms with van der Waals surface area (Å²) in [5.41, 5.74) is 0.773. The first-order chi connectivity index (χ1) is 6.36. The van der Waals surface area contributed by atoms with Gasteiger partial charge in [0.25, 0.3) is 0 Å². The van der Waals surface area contributed by atoms with Crippen molar-refractivity contribution in [1.29, 1.82) is 0 Å². The van der Waals surface area contributed by atoms with Crippen molar-refractivity contribution in [2.24, 2.45) is 0 Å². The van der Waals surface area contributed by atoms with Crippen LogP contribution in [0.3, 0.4) is 0 Å². The molecule has 1 saturated heterocycles. The molecule has 0 saturated carbocycles. The molecule has 5 heteroatoms. The van der Waals surface area contributed by atoms with Crippen LogP contribution in [0.2, 0.25) is 0 Å². The second kappa shape index (κ2) is 6.99. The molecule has 2 nitrogen and oxygen atoms in total. The van der Waals surface area contributed by atoms with E-state index < -0.39 is 0 Å². The molecule has 86 valence electrons. The molecule has 0 bridgehead atoms. The van der Waals surface area contributed by atoms with Gasteiger partial charge in [-0.15, -0.1) is 24.8 Å². The van der Waals surface area contributed by atoms with Crippen molar-refractivity contribution in [3.05, 3.63) is 29.8 Å². The minimum absolute atomic E-state index is 0. The Morgan fingerprint density at radius 3 is 2.87 bits per heavy atom. The summed E-state index contributed by atoms with van der Waals surface area (Å²) in [5.74, 6) is -0.184. The lowest BCUT2D eigenvalue weighted by Gasteiger charge is -2.09. The molecule has 2 heterocycles. The van der Waals surface area contributed by atoms with E-state index in [2.05, 4.69) is 10.3 Å². The van der Waals surface area contributed by atoms with Crippen molar-refractivity contribution in [2.75, 3.05) is 6.54 Å². The molecule has 2 rings (SSSR count). The van der Waals surface area contributed by atoms with Crippen molar-refractivity contribution in [3.63, 3.8) is 0 Å². The third-order valence-corrected chi connectivity index (χ3v) is 2.49. The SMILES string of the molecule is Cl.Cl.Fc1cnccc1CC1CCCN1. The van der Waals surface area contributed by atoms with E-state index in [-0.39, 0.29) is 30.6 Å². The molecule has 1 fully saturated rings. The third-order valence-electron chi connectivity index (χ3n) is 2.49. The van der Waals surface area contributed by atoms with Gasteiger partial charge in [-0.1, -0.05) is 0 Å². The molecule has 1 aliphatic heterocycles. The zero-order valence-corrected chi connectivity index (χ0v) is 9.91. The van der Waals surface area contributed by atoms with Gasteiger partial charge in [0.1, 0.15) is 5.82 Å². The Morgan fingerprint density at radius 2 is 2.27 bits per heavy atom. The van der Waals surface area contributed by atoms with Gasteiger partial charge >= 0.3 is 0 Å². The number of halogens is 3. The molecule has 1 unspecified atom stereocenters. The van der Waals surface area contributed by atoms with Crippen LogP contribution in [-0.2, 0) is 6.42 Å². The van der Waals surface area contributed by atoms with Gasteiger partial charge in [-0.2, -0.15) is 0 Å². The number of rotatable bonds is 2. The minimum atomic E-state index is -0.184. The lowest BCUT2D eigenvalue weighted by atomic mass is 10.1. The fourth-order valence-electron chi connectivity index (χ4n) is 1.77. The van der Waals surface area contributed by atoms with Crippen LogP contribution in [-0.4, -0.2) is 17.6 Å². The fourth-order valence-corrected chi connectivity index (χ4v) is 1.77. The van der Waals surface area contributed by atoms with Crippen LogP contribution in [0, 0.1) is 5.82 Å². The van der Waals surface area contributed by atoms with Crippen molar-refractivity contribution >= 4 is 24.8 Å². The van der Waals surface area contributed by atoms with E-state index in [0.29, 0.717) is 6.04 Å². The van der Waals surface area contributed by atoms with Crippen LogP contribution in [0.1, 0.15) is 18.4 Å². The van der Waals surface area contributed by atoms with E-state index in [4.69, 9.17) is 0 Å². The first-order valence-corrected chi connectivity index (χ1v) is 4.68. The number of nitrogens with one attached hydrogen (secondary N) is 1. The summed E-state index contributed by atoms with van der Waals surface area (Å²) in [6.07, 6.45) is 6.07. The third kappa shape index (κ3) is 3.93. The zero-order valence-electron chi connectivity index (χ0n) is 8.28. The predicted octanol–water partition coefficient (Wildman–Crippen LogP) is 2.36. The van der Waals surface area contributed by atoms with Gasteiger partial charge < -0.3 is 5.32 Å². The first-order valence-electron chi connectivity index (χ1n) is 4.68. The van der Waals surface area contributed by atoms with Gasteiger partial charge in [-0.05, 0) is 37.4 Å². The highest BCUT2D eigenvalue weighted by molar-refractivity contribution is 5.85. The Hall–Kier alpha value is -0.380. The zero-order chi connectivity index (χ0) is 9.10. The Morgan fingerprint density at radius 1 is 1.47 bits per heavy atom. The van der Waals surface area contributed by atoms with Gasteiger partial charge in [-0.3, -0.25) is 4.98 Å². The predicted molar refractivity (Wildman–Crippen MR) is 63.4 cm³/mol. The van der Waals surface area contributed by atoms with Gasteiger partial charge in [0.2, 0.25) is 0 Å². The van der Waals surface area contributed by atoms with Crippen LogP contribution < -0.4 is 5.32 Å². The van der Waals surface area contributed by atoms with Crippen molar-refractivity contribution in [2.45, 2.75) is 25.3 Å². The Labute approximate surface area is 101 Å². The van der Waals surface area contributed by atoms with Crippen LogP contribution in [0.4, 0.5) is 4.39 Å². The molecule has 0 spiro atoms. The molecular formula is C10H15Cl2FN2. The van der Waals surface area contributed by atoms with E-state index >= 15 is 0 Å². The Kier molecular flexibility index (Phi) is 6.81. The molecule has 1 atom stereocenters. The van der Waals surface area contributed by atoms with Crippen molar-refractivity contribution < 1.29 is 4.39 Å². The normalized spacial score (nSPS) is 19.1. The highest BCUT2D eigenvalue weighted by Gasteiger charge is 2.15. The number of nitrogens with zero attached hydrogens (tertiary/aromatic N) is 1. The molecule has 1 N–H and O–H groups in total. The highest BCUT2D eigenvalue weighted by Crippen LogP contribution is 2.13. The molecule has 1 aromatic rings. The summed E-state index contributed by atoms with van der Waals surface area (Å²) >= 11 is 0. The van der Waals surface area contributed by atoms with E-state index in [1.54, 1.807) is 12.3 Å². The van der Waals surface area contributed by atoms with Gasteiger partial charge in [0.15, 0.2) is 0 Å². The van der Waals surface area contributed by atoms with Crippen LogP contribution in [0.25, 0.3) is 0 Å². The van der Waals surface area contributed by atoms with E-state index in [9.17, 15) is 4.39 Å².